The van der Waals surface area contributed by atoms with Crippen molar-refractivity contribution in [1.29, 1.82) is 0 Å². The van der Waals surface area contributed by atoms with Gasteiger partial charge in [0.1, 0.15) is 5.75 Å². The zero-order valence-corrected chi connectivity index (χ0v) is 11.6. The number of benzene rings is 1. The van der Waals surface area contributed by atoms with Gasteiger partial charge in [-0.2, -0.15) is 0 Å². The highest BCUT2D eigenvalue weighted by molar-refractivity contribution is 7.89. The van der Waals surface area contributed by atoms with Gasteiger partial charge in [0.25, 0.3) is 0 Å². The summed E-state index contributed by atoms with van der Waals surface area (Å²) < 4.78 is 28.2. The lowest BCUT2D eigenvalue weighted by Crippen LogP contribution is -2.13. The second-order valence-electron chi connectivity index (χ2n) is 4.21. The van der Waals surface area contributed by atoms with Gasteiger partial charge in [0.15, 0.2) is 0 Å². The fourth-order valence-corrected chi connectivity index (χ4v) is 2.39. The Labute approximate surface area is 109 Å². The van der Waals surface area contributed by atoms with E-state index in [-0.39, 0.29) is 4.90 Å². The van der Waals surface area contributed by atoms with Gasteiger partial charge in [-0.25, -0.2) is 13.6 Å². The van der Waals surface area contributed by atoms with E-state index in [1.807, 2.05) is 19.9 Å². The van der Waals surface area contributed by atoms with Gasteiger partial charge < -0.3 is 4.74 Å². The first kappa shape index (κ1) is 14.7. The Balaban J connectivity index is 2.92. The van der Waals surface area contributed by atoms with Crippen LogP contribution in [0.5, 0.6) is 5.75 Å². The molecule has 0 unspecified atom stereocenters. The summed E-state index contributed by atoms with van der Waals surface area (Å²) in [5.41, 5.74) is 1.55. The SMILES string of the molecule is C=CCCCOc1c(C)cc(S(N)(=O)=O)cc1C. The Hall–Kier alpha value is -1.33. The number of ether oxygens (including phenoxy) is 1. The first-order valence-electron chi connectivity index (χ1n) is 5.74. The van der Waals surface area contributed by atoms with E-state index in [0.717, 1.165) is 29.7 Å². The van der Waals surface area contributed by atoms with Crippen LogP contribution in [-0.2, 0) is 10.0 Å². The van der Waals surface area contributed by atoms with Crippen molar-refractivity contribution in [2.75, 3.05) is 6.61 Å². The molecular formula is C13H19NO3S. The van der Waals surface area contributed by atoms with E-state index in [1.54, 1.807) is 0 Å². The molecule has 0 atom stereocenters. The molecule has 0 amide bonds. The van der Waals surface area contributed by atoms with Crippen molar-refractivity contribution in [3.63, 3.8) is 0 Å². The van der Waals surface area contributed by atoms with Crippen LogP contribution in [0.2, 0.25) is 0 Å². The van der Waals surface area contributed by atoms with Gasteiger partial charge in [-0.1, -0.05) is 6.08 Å². The lowest BCUT2D eigenvalue weighted by molar-refractivity contribution is 0.308. The monoisotopic (exact) mass is 269 g/mol. The Morgan fingerprint density at radius 1 is 1.33 bits per heavy atom. The van der Waals surface area contributed by atoms with Gasteiger partial charge in [-0.3, -0.25) is 0 Å². The Bertz CT molecular complexity index is 512. The highest BCUT2D eigenvalue weighted by atomic mass is 32.2. The van der Waals surface area contributed by atoms with Crippen molar-refractivity contribution < 1.29 is 13.2 Å². The molecule has 0 spiro atoms. The van der Waals surface area contributed by atoms with Crippen LogP contribution in [0.15, 0.2) is 29.7 Å². The minimum atomic E-state index is -3.66. The number of nitrogens with two attached hydrogens (primary N) is 1. The number of rotatable bonds is 6. The molecule has 2 N–H and O–H groups in total. The molecule has 0 fully saturated rings. The lowest BCUT2D eigenvalue weighted by atomic mass is 10.1. The summed E-state index contributed by atoms with van der Waals surface area (Å²) >= 11 is 0. The van der Waals surface area contributed by atoms with Gasteiger partial charge in [0.2, 0.25) is 10.0 Å². The first-order valence-corrected chi connectivity index (χ1v) is 7.28. The van der Waals surface area contributed by atoms with Gasteiger partial charge in [-0.15, -0.1) is 6.58 Å². The van der Waals surface area contributed by atoms with Crippen molar-refractivity contribution in [3.8, 4) is 5.75 Å². The van der Waals surface area contributed by atoms with Crippen LogP contribution >= 0.6 is 0 Å². The van der Waals surface area contributed by atoms with Crippen molar-refractivity contribution in [1.82, 2.24) is 0 Å². The third-order valence-corrected chi connectivity index (χ3v) is 3.45. The number of unbranched alkanes of at least 4 members (excludes halogenated alkanes) is 1. The quantitative estimate of drug-likeness (QED) is 0.636. The van der Waals surface area contributed by atoms with Crippen molar-refractivity contribution >= 4 is 10.0 Å². The first-order chi connectivity index (χ1) is 8.36. The van der Waals surface area contributed by atoms with Crippen molar-refractivity contribution in [2.45, 2.75) is 31.6 Å². The highest BCUT2D eigenvalue weighted by Gasteiger charge is 2.13. The van der Waals surface area contributed by atoms with Crippen LogP contribution < -0.4 is 9.88 Å². The predicted octanol–water partition coefficient (Wildman–Crippen LogP) is 2.30. The molecule has 5 heteroatoms. The highest BCUT2D eigenvalue weighted by Crippen LogP contribution is 2.26. The number of hydrogen-bond donors (Lipinski definition) is 1. The molecule has 0 bridgehead atoms. The number of hydrogen-bond acceptors (Lipinski definition) is 3. The largest absolute Gasteiger partial charge is 0.493 e. The molecule has 0 aliphatic rings. The molecule has 0 aromatic heterocycles. The zero-order valence-electron chi connectivity index (χ0n) is 10.8. The standard InChI is InChI=1S/C13H19NO3S/c1-4-5-6-7-17-13-10(2)8-12(9-11(13)3)18(14,15)16/h4,8-9H,1,5-7H2,2-3H3,(H2,14,15,16). The Kier molecular flexibility index (Phi) is 4.93. The molecule has 4 nitrogen and oxygen atoms in total. The van der Waals surface area contributed by atoms with Crippen molar-refractivity contribution in [3.05, 3.63) is 35.9 Å². The topological polar surface area (TPSA) is 69.4 Å². The maximum atomic E-state index is 11.3. The third-order valence-electron chi connectivity index (χ3n) is 2.56. The number of sulfonamides is 1. The van der Waals surface area contributed by atoms with Crippen molar-refractivity contribution in [2.24, 2.45) is 5.14 Å². The second kappa shape index (κ2) is 6.02. The van der Waals surface area contributed by atoms with Gasteiger partial charge in [-0.05, 0) is 49.9 Å². The smallest absolute Gasteiger partial charge is 0.238 e. The summed E-state index contributed by atoms with van der Waals surface area (Å²) in [4.78, 5) is 0.121. The van der Waals surface area contributed by atoms with Gasteiger partial charge in [0.05, 0.1) is 11.5 Å². The lowest BCUT2D eigenvalue weighted by Gasteiger charge is -2.13. The molecule has 0 aliphatic carbocycles. The molecule has 0 saturated heterocycles. The maximum absolute atomic E-state index is 11.3. The fraction of sp³-hybridized carbons (Fsp3) is 0.385. The zero-order chi connectivity index (χ0) is 13.8. The molecule has 1 aromatic carbocycles. The van der Waals surface area contributed by atoms with Crippen LogP contribution in [0.25, 0.3) is 0 Å². The van der Waals surface area contributed by atoms with E-state index < -0.39 is 10.0 Å². The van der Waals surface area contributed by atoms with E-state index in [0.29, 0.717) is 6.61 Å². The molecule has 0 saturated carbocycles. The maximum Gasteiger partial charge on any atom is 0.238 e. The van der Waals surface area contributed by atoms with E-state index in [4.69, 9.17) is 9.88 Å². The summed E-state index contributed by atoms with van der Waals surface area (Å²) in [6.07, 6.45) is 3.62. The number of primary sulfonamides is 1. The Morgan fingerprint density at radius 2 is 1.89 bits per heavy atom. The Morgan fingerprint density at radius 3 is 2.33 bits per heavy atom. The minimum Gasteiger partial charge on any atom is -0.493 e. The predicted molar refractivity (Wildman–Crippen MR) is 72.2 cm³/mol. The summed E-state index contributed by atoms with van der Waals surface area (Å²) in [6.45, 7) is 7.85. The molecule has 0 radical (unpaired) electrons. The summed E-state index contributed by atoms with van der Waals surface area (Å²) in [6, 6.07) is 3.07. The molecule has 0 heterocycles. The minimum absolute atomic E-state index is 0.121. The number of allylic oxidation sites excluding steroid dienone is 1. The van der Waals surface area contributed by atoms with E-state index in [1.165, 1.54) is 12.1 Å². The average molecular weight is 269 g/mol. The van der Waals surface area contributed by atoms with Gasteiger partial charge >= 0.3 is 0 Å². The fourth-order valence-electron chi connectivity index (χ4n) is 1.70. The van der Waals surface area contributed by atoms with E-state index in [2.05, 4.69) is 6.58 Å². The molecular weight excluding hydrogens is 250 g/mol. The van der Waals surface area contributed by atoms with Crippen LogP contribution in [0, 0.1) is 13.8 Å². The molecule has 100 valence electrons. The van der Waals surface area contributed by atoms with E-state index >= 15 is 0 Å². The average Bonchev–Trinajstić information content (AvgIpc) is 2.25. The third kappa shape index (κ3) is 3.85. The van der Waals surface area contributed by atoms with Crippen LogP contribution in [-0.4, -0.2) is 15.0 Å². The normalized spacial score (nSPS) is 11.3. The molecule has 1 aromatic rings. The van der Waals surface area contributed by atoms with Crippen LogP contribution in [0.3, 0.4) is 0 Å². The van der Waals surface area contributed by atoms with E-state index in [9.17, 15) is 8.42 Å². The van der Waals surface area contributed by atoms with Crippen LogP contribution in [0.1, 0.15) is 24.0 Å². The molecule has 0 aliphatic heterocycles. The summed E-state index contributed by atoms with van der Waals surface area (Å²) in [5, 5.41) is 5.10. The second-order valence-corrected chi connectivity index (χ2v) is 5.77. The summed E-state index contributed by atoms with van der Waals surface area (Å²) in [7, 11) is -3.66. The van der Waals surface area contributed by atoms with Crippen LogP contribution in [0.4, 0.5) is 0 Å². The van der Waals surface area contributed by atoms with Gasteiger partial charge in [0, 0.05) is 0 Å². The molecule has 1 rings (SSSR count). The summed E-state index contributed by atoms with van der Waals surface area (Å²) in [5.74, 6) is 0.728. The number of aryl methyl sites for hydroxylation is 2. The molecule has 18 heavy (non-hydrogen) atoms.